The number of rotatable bonds is 4. The van der Waals surface area contributed by atoms with Crippen LogP contribution >= 0.6 is 0 Å². The van der Waals surface area contributed by atoms with Crippen molar-refractivity contribution in [1.82, 2.24) is 9.97 Å². The molecule has 2 aromatic heterocycles. The van der Waals surface area contributed by atoms with Gasteiger partial charge in [-0.25, -0.2) is 4.98 Å². The second-order valence-electron chi connectivity index (χ2n) is 5.64. The molecule has 0 radical (unpaired) electrons. The molecule has 4 rings (SSSR count). The van der Waals surface area contributed by atoms with Crippen LogP contribution in [0, 0.1) is 0 Å². The Balaban J connectivity index is 1.40. The smallest absolute Gasteiger partial charge is 0.138 e. The van der Waals surface area contributed by atoms with Crippen LogP contribution < -0.4 is 9.64 Å². The first-order valence-corrected chi connectivity index (χ1v) is 7.86. The number of morpholine rings is 1. The molecule has 0 atom stereocenters. The number of aromatic nitrogens is 2. The van der Waals surface area contributed by atoms with Crippen LogP contribution in [0.4, 0.5) is 5.69 Å². The number of H-pyrrole nitrogens is 1. The van der Waals surface area contributed by atoms with Gasteiger partial charge < -0.3 is 19.4 Å². The number of nitrogens with zero attached hydrogens (tertiary/aromatic N) is 2. The summed E-state index contributed by atoms with van der Waals surface area (Å²) < 4.78 is 11.2. The Kier molecular flexibility index (Phi) is 3.86. The number of fused-ring (bicyclic) bond motifs is 1. The maximum atomic E-state index is 5.84. The molecule has 0 aliphatic carbocycles. The third kappa shape index (κ3) is 3.14. The SMILES string of the molecule is c1cc2cc(OCc3ccc(N4CCOCC4)cc3)cnc2[nH]1. The molecular formula is C18H19N3O2. The molecule has 1 fully saturated rings. The van der Waals surface area contributed by atoms with Gasteiger partial charge in [0, 0.05) is 30.4 Å². The highest BCUT2D eigenvalue weighted by Crippen LogP contribution is 2.20. The second-order valence-corrected chi connectivity index (χ2v) is 5.64. The summed E-state index contributed by atoms with van der Waals surface area (Å²) in [6, 6.07) is 12.5. The highest BCUT2D eigenvalue weighted by atomic mass is 16.5. The maximum absolute atomic E-state index is 5.84. The zero-order chi connectivity index (χ0) is 15.5. The van der Waals surface area contributed by atoms with E-state index < -0.39 is 0 Å². The number of hydrogen-bond acceptors (Lipinski definition) is 4. The molecule has 0 amide bonds. The average Bonchev–Trinajstić information content (AvgIpc) is 3.09. The van der Waals surface area contributed by atoms with Gasteiger partial charge in [0.05, 0.1) is 19.4 Å². The molecule has 1 aromatic carbocycles. The third-order valence-electron chi connectivity index (χ3n) is 4.09. The van der Waals surface area contributed by atoms with E-state index in [2.05, 4.69) is 39.1 Å². The molecule has 1 N–H and O–H groups in total. The summed E-state index contributed by atoms with van der Waals surface area (Å²) >= 11 is 0. The van der Waals surface area contributed by atoms with Gasteiger partial charge in [-0.2, -0.15) is 0 Å². The standard InChI is InChI=1S/C18H19N3O2/c1-3-16(21-7-9-22-10-8-21)4-2-14(1)13-23-17-11-15-5-6-19-18(15)20-12-17/h1-6,11-12H,7-10,13H2,(H,19,20). The quantitative estimate of drug-likeness (QED) is 0.805. The molecular weight excluding hydrogens is 290 g/mol. The lowest BCUT2D eigenvalue weighted by atomic mass is 10.2. The lowest BCUT2D eigenvalue weighted by Gasteiger charge is -2.28. The van der Waals surface area contributed by atoms with E-state index in [1.165, 1.54) is 5.69 Å². The number of ether oxygens (including phenoxy) is 2. The number of nitrogens with one attached hydrogen (secondary N) is 1. The van der Waals surface area contributed by atoms with E-state index in [4.69, 9.17) is 9.47 Å². The van der Waals surface area contributed by atoms with Crippen molar-refractivity contribution in [2.75, 3.05) is 31.2 Å². The van der Waals surface area contributed by atoms with Gasteiger partial charge in [-0.15, -0.1) is 0 Å². The van der Waals surface area contributed by atoms with E-state index in [1.807, 2.05) is 18.3 Å². The van der Waals surface area contributed by atoms with Crippen molar-refractivity contribution < 1.29 is 9.47 Å². The predicted octanol–water partition coefficient (Wildman–Crippen LogP) is 2.98. The lowest BCUT2D eigenvalue weighted by molar-refractivity contribution is 0.122. The summed E-state index contributed by atoms with van der Waals surface area (Å²) in [5, 5.41) is 1.06. The zero-order valence-corrected chi connectivity index (χ0v) is 12.9. The molecule has 3 heterocycles. The predicted molar refractivity (Wildman–Crippen MR) is 89.9 cm³/mol. The van der Waals surface area contributed by atoms with Crippen molar-refractivity contribution in [1.29, 1.82) is 0 Å². The minimum absolute atomic E-state index is 0.543. The van der Waals surface area contributed by atoms with E-state index in [1.54, 1.807) is 6.20 Å². The summed E-state index contributed by atoms with van der Waals surface area (Å²) in [5.74, 6) is 0.786. The molecule has 23 heavy (non-hydrogen) atoms. The van der Waals surface area contributed by atoms with Crippen molar-refractivity contribution in [2.45, 2.75) is 6.61 Å². The van der Waals surface area contributed by atoms with Gasteiger partial charge in [0.1, 0.15) is 18.0 Å². The van der Waals surface area contributed by atoms with Crippen LogP contribution in [0.1, 0.15) is 5.56 Å². The first-order chi connectivity index (χ1) is 11.4. The van der Waals surface area contributed by atoms with Gasteiger partial charge in [-0.05, 0) is 29.8 Å². The van der Waals surface area contributed by atoms with Crippen LogP contribution in [0.3, 0.4) is 0 Å². The average molecular weight is 309 g/mol. The van der Waals surface area contributed by atoms with Crippen LogP contribution in [0.5, 0.6) is 5.75 Å². The van der Waals surface area contributed by atoms with E-state index in [0.29, 0.717) is 6.61 Å². The van der Waals surface area contributed by atoms with Crippen LogP contribution in [0.15, 0.2) is 48.8 Å². The summed E-state index contributed by atoms with van der Waals surface area (Å²) in [7, 11) is 0. The van der Waals surface area contributed by atoms with E-state index in [9.17, 15) is 0 Å². The van der Waals surface area contributed by atoms with E-state index >= 15 is 0 Å². The molecule has 1 aliphatic rings. The molecule has 3 aromatic rings. The lowest BCUT2D eigenvalue weighted by Crippen LogP contribution is -2.36. The van der Waals surface area contributed by atoms with Crippen molar-refractivity contribution in [2.24, 2.45) is 0 Å². The van der Waals surface area contributed by atoms with Gasteiger partial charge >= 0.3 is 0 Å². The number of hydrogen-bond donors (Lipinski definition) is 1. The molecule has 0 unspecified atom stereocenters. The molecule has 0 spiro atoms. The Morgan fingerprint density at radius 1 is 1.13 bits per heavy atom. The summed E-state index contributed by atoms with van der Waals surface area (Å²) in [4.78, 5) is 9.75. The molecule has 5 nitrogen and oxygen atoms in total. The number of pyridine rings is 1. The number of anilines is 1. The van der Waals surface area contributed by atoms with E-state index in [-0.39, 0.29) is 0 Å². The van der Waals surface area contributed by atoms with Gasteiger partial charge in [0.2, 0.25) is 0 Å². The maximum Gasteiger partial charge on any atom is 0.138 e. The van der Waals surface area contributed by atoms with Crippen molar-refractivity contribution >= 4 is 16.7 Å². The second kappa shape index (κ2) is 6.30. The highest BCUT2D eigenvalue weighted by molar-refractivity contribution is 5.76. The zero-order valence-electron chi connectivity index (χ0n) is 12.9. The minimum Gasteiger partial charge on any atom is -0.487 e. The summed E-state index contributed by atoms with van der Waals surface area (Å²) in [6.07, 6.45) is 3.63. The van der Waals surface area contributed by atoms with Crippen LogP contribution in [0.2, 0.25) is 0 Å². The molecule has 1 aliphatic heterocycles. The summed E-state index contributed by atoms with van der Waals surface area (Å²) in [6.45, 7) is 4.07. The topological polar surface area (TPSA) is 50.4 Å². The summed E-state index contributed by atoms with van der Waals surface area (Å²) in [5.41, 5.74) is 3.27. The number of aromatic amines is 1. The fourth-order valence-corrected chi connectivity index (χ4v) is 2.79. The van der Waals surface area contributed by atoms with Crippen LogP contribution in [0.25, 0.3) is 11.0 Å². The fourth-order valence-electron chi connectivity index (χ4n) is 2.79. The largest absolute Gasteiger partial charge is 0.487 e. The Bertz CT molecular complexity index is 776. The minimum atomic E-state index is 0.543. The molecule has 1 saturated heterocycles. The normalized spacial score (nSPS) is 15.0. The first kappa shape index (κ1) is 14.1. The van der Waals surface area contributed by atoms with Gasteiger partial charge in [0.25, 0.3) is 0 Å². The van der Waals surface area contributed by atoms with Crippen molar-refractivity contribution in [3.05, 3.63) is 54.4 Å². The van der Waals surface area contributed by atoms with Gasteiger partial charge in [-0.3, -0.25) is 0 Å². The Hall–Kier alpha value is -2.53. The van der Waals surface area contributed by atoms with Crippen LogP contribution in [-0.2, 0) is 11.3 Å². The number of benzene rings is 1. The van der Waals surface area contributed by atoms with Crippen molar-refractivity contribution in [3.63, 3.8) is 0 Å². The molecule has 0 saturated carbocycles. The molecule has 5 heteroatoms. The Morgan fingerprint density at radius 3 is 2.78 bits per heavy atom. The van der Waals surface area contributed by atoms with Crippen molar-refractivity contribution in [3.8, 4) is 5.75 Å². The van der Waals surface area contributed by atoms with Gasteiger partial charge in [-0.1, -0.05) is 12.1 Å². The molecule has 118 valence electrons. The third-order valence-corrected chi connectivity index (χ3v) is 4.09. The monoisotopic (exact) mass is 309 g/mol. The van der Waals surface area contributed by atoms with Gasteiger partial charge in [0.15, 0.2) is 0 Å². The van der Waals surface area contributed by atoms with E-state index in [0.717, 1.165) is 48.6 Å². The molecule has 0 bridgehead atoms. The highest BCUT2D eigenvalue weighted by Gasteiger charge is 2.10. The Labute approximate surface area is 134 Å². The Morgan fingerprint density at radius 2 is 1.96 bits per heavy atom. The van der Waals surface area contributed by atoms with Crippen LogP contribution in [-0.4, -0.2) is 36.3 Å². The fraction of sp³-hybridized carbons (Fsp3) is 0.278. The first-order valence-electron chi connectivity index (χ1n) is 7.86.